The third-order valence-corrected chi connectivity index (χ3v) is 4.61. The van der Waals surface area contributed by atoms with Crippen molar-refractivity contribution in [3.8, 4) is 0 Å². The van der Waals surface area contributed by atoms with Crippen molar-refractivity contribution in [1.82, 2.24) is 4.90 Å². The molecule has 16 heavy (non-hydrogen) atoms. The van der Waals surface area contributed by atoms with Gasteiger partial charge in [-0.1, -0.05) is 13.8 Å². The van der Waals surface area contributed by atoms with Gasteiger partial charge in [-0.3, -0.25) is 4.90 Å². The van der Waals surface area contributed by atoms with Crippen LogP contribution in [0.2, 0.25) is 0 Å². The maximum atomic E-state index is 5.97. The van der Waals surface area contributed by atoms with Crippen LogP contribution in [0.1, 0.15) is 39.5 Å². The van der Waals surface area contributed by atoms with E-state index in [1.165, 1.54) is 25.7 Å². The van der Waals surface area contributed by atoms with Gasteiger partial charge in [0.05, 0.1) is 12.2 Å². The smallest absolute Gasteiger partial charge is 0.0707 e. The SMILES string of the molecule is CCC(CC)(CN)CN1CC2CCC(C1)O2. The van der Waals surface area contributed by atoms with Crippen molar-refractivity contribution in [2.24, 2.45) is 11.1 Å². The summed E-state index contributed by atoms with van der Waals surface area (Å²) in [5.74, 6) is 0. The van der Waals surface area contributed by atoms with Crippen LogP contribution in [-0.4, -0.2) is 43.3 Å². The summed E-state index contributed by atoms with van der Waals surface area (Å²) in [6, 6.07) is 0. The van der Waals surface area contributed by atoms with Gasteiger partial charge in [-0.25, -0.2) is 0 Å². The highest BCUT2D eigenvalue weighted by atomic mass is 16.5. The molecule has 0 aliphatic carbocycles. The number of fused-ring (bicyclic) bond motifs is 2. The highest BCUT2D eigenvalue weighted by molar-refractivity contribution is 4.89. The Morgan fingerprint density at radius 2 is 1.75 bits per heavy atom. The lowest BCUT2D eigenvalue weighted by Crippen LogP contribution is -2.49. The molecule has 2 heterocycles. The Kier molecular flexibility index (Phi) is 3.88. The number of hydrogen-bond donors (Lipinski definition) is 1. The number of hydrogen-bond acceptors (Lipinski definition) is 3. The second-order valence-corrected chi connectivity index (χ2v) is 5.56. The molecule has 2 aliphatic heterocycles. The molecule has 2 unspecified atom stereocenters. The van der Waals surface area contributed by atoms with Gasteiger partial charge in [-0.15, -0.1) is 0 Å². The number of rotatable bonds is 5. The van der Waals surface area contributed by atoms with Gasteiger partial charge < -0.3 is 10.5 Å². The summed E-state index contributed by atoms with van der Waals surface area (Å²) in [7, 11) is 0. The molecule has 0 saturated carbocycles. The first kappa shape index (κ1) is 12.3. The average molecular weight is 226 g/mol. The van der Waals surface area contributed by atoms with Crippen LogP contribution in [0.5, 0.6) is 0 Å². The fourth-order valence-electron chi connectivity index (χ4n) is 3.13. The predicted octanol–water partition coefficient (Wildman–Crippen LogP) is 1.61. The van der Waals surface area contributed by atoms with Crippen LogP contribution in [0.25, 0.3) is 0 Å². The molecular weight excluding hydrogens is 200 g/mol. The fraction of sp³-hybridized carbons (Fsp3) is 1.00. The van der Waals surface area contributed by atoms with E-state index in [1.54, 1.807) is 0 Å². The van der Waals surface area contributed by atoms with Crippen molar-refractivity contribution in [1.29, 1.82) is 0 Å². The normalized spacial score (nSPS) is 30.9. The predicted molar refractivity (Wildman–Crippen MR) is 66.4 cm³/mol. The van der Waals surface area contributed by atoms with E-state index < -0.39 is 0 Å². The highest BCUT2D eigenvalue weighted by Crippen LogP contribution is 2.31. The monoisotopic (exact) mass is 226 g/mol. The van der Waals surface area contributed by atoms with Crippen molar-refractivity contribution >= 4 is 0 Å². The Hall–Kier alpha value is -0.120. The second-order valence-electron chi connectivity index (χ2n) is 5.56. The second kappa shape index (κ2) is 5.03. The van der Waals surface area contributed by atoms with E-state index in [0.29, 0.717) is 17.6 Å². The molecule has 2 saturated heterocycles. The maximum absolute atomic E-state index is 5.97. The highest BCUT2D eigenvalue weighted by Gasteiger charge is 2.36. The third-order valence-electron chi connectivity index (χ3n) is 4.61. The lowest BCUT2D eigenvalue weighted by molar-refractivity contribution is -0.0507. The van der Waals surface area contributed by atoms with Gasteiger partial charge in [-0.05, 0) is 37.6 Å². The van der Waals surface area contributed by atoms with Crippen LogP contribution in [0, 0.1) is 5.41 Å². The summed E-state index contributed by atoms with van der Waals surface area (Å²) in [5.41, 5.74) is 6.30. The quantitative estimate of drug-likeness (QED) is 0.774. The van der Waals surface area contributed by atoms with Crippen molar-refractivity contribution in [3.63, 3.8) is 0 Å². The topological polar surface area (TPSA) is 38.5 Å². The summed E-state index contributed by atoms with van der Waals surface area (Å²) in [5, 5.41) is 0. The van der Waals surface area contributed by atoms with E-state index in [1.807, 2.05) is 0 Å². The van der Waals surface area contributed by atoms with Crippen LogP contribution in [-0.2, 0) is 4.74 Å². The van der Waals surface area contributed by atoms with E-state index in [-0.39, 0.29) is 0 Å². The first-order valence-corrected chi connectivity index (χ1v) is 6.79. The number of likely N-dealkylation sites (tertiary alicyclic amines) is 1. The summed E-state index contributed by atoms with van der Waals surface area (Å²) in [4.78, 5) is 2.59. The maximum Gasteiger partial charge on any atom is 0.0707 e. The number of nitrogens with zero attached hydrogens (tertiary/aromatic N) is 1. The molecule has 0 aromatic heterocycles. The minimum absolute atomic E-state index is 0.330. The standard InChI is InChI=1S/C13H26N2O/c1-3-13(4-2,9-14)10-15-7-11-5-6-12(8-15)16-11/h11-12H,3-10,14H2,1-2H3. The summed E-state index contributed by atoms with van der Waals surface area (Å²) in [6.45, 7) is 8.76. The molecular formula is C13H26N2O. The Balaban J connectivity index is 1.93. The van der Waals surface area contributed by atoms with Crippen LogP contribution >= 0.6 is 0 Å². The Morgan fingerprint density at radius 3 is 2.19 bits per heavy atom. The molecule has 0 aromatic rings. The van der Waals surface area contributed by atoms with Gasteiger partial charge >= 0.3 is 0 Å². The third kappa shape index (κ3) is 2.41. The molecule has 0 radical (unpaired) electrons. The Bertz CT molecular complexity index is 208. The molecule has 3 nitrogen and oxygen atoms in total. The molecule has 2 atom stereocenters. The van der Waals surface area contributed by atoms with Crippen molar-refractivity contribution in [3.05, 3.63) is 0 Å². The summed E-state index contributed by atoms with van der Waals surface area (Å²) in [6.07, 6.45) is 5.90. The molecule has 2 rings (SSSR count). The summed E-state index contributed by atoms with van der Waals surface area (Å²) < 4.78 is 5.87. The molecule has 0 spiro atoms. The van der Waals surface area contributed by atoms with Crippen molar-refractivity contribution < 1.29 is 4.74 Å². The molecule has 2 N–H and O–H groups in total. The molecule has 3 heteroatoms. The first-order chi connectivity index (χ1) is 7.71. The zero-order valence-electron chi connectivity index (χ0n) is 10.7. The minimum atomic E-state index is 0.330. The minimum Gasteiger partial charge on any atom is -0.372 e. The molecule has 0 aromatic carbocycles. The molecule has 2 fully saturated rings. The Labute approximate surface area is 99.3 Å². The molecule has 2 aliphatic rings. The molecule has 0 amide bonds. The van der Waals surface area contributed by atoms with Crippen LogP contribution in [0.4, 0.5) is 0 Å². The van der Waals surface area contributed by atoms with Gasteiger partial charge in [0.1, 0.15) is 0 Å². The number of ether oxygens (including phenoxy) is 1. The van der Waals surface area contributed by atoms with Gasteiger partial charge in [0.15, 0.2) is 0 Å². The number of nitrogens with two attached hydrogens (primary N) is 1. The van der Waals surface area contributed by atoms with E-state index in [2.05, 4.69) is 18.7 Å². The largest absolute Gasteiger partial charge is 0.372 e. The summed E-state index contributed by atoms with van der Waals surface area (Å²) >= 11 is 0. The van der Waals surface area contributed by atoms with Crippen LogP contribution in [0.3, 0.4) is 0 Å². The average Bonchev–Trinajstić information content (AvgIpc) is 2.66. The van der Waals surface area contributed by atoms with Gasteiger partial charge in [-0.2, -0.15) is 0 Å². The molecule has 94 valence electrons. The van der Waals surface area contributed by atoms with E-state index in [4.69, 9.17) is 10.5 Å². The fourth-order valence-corrected chi connectivity index (χ4v) is 3.13. The zero-order valence-corrected chi connectivity index (χ0v) is 10.7. The van der Waals surface area contributed by atoms with Crippen LogP contribution < -0.4 is 5.73 Å². The van der Waals surface area contributed by atoms with Crippen molar-refractivity contribution in [2.45, 2.75) is 51.7 Å². The first-order valence-electron chi connectivity index (χ1n) is 6.79. The lowest BCUT2D eigenvalue weighted by Gasteiger charge is -2.40. The van der Waals surface area contributed by atoms with Crippen LogP contribution in [0.15, 0.2) is 0 Å². The van der Waals surface area contributed by atoms with Gasteiger partial charge in [0.25, 0.3) is 0 Å². The van der Waals surface area contributed by atoms with E-state index in [0.717, 1.165) is 26.2 Å². The number of morpholine rings is 1. The van der Waals surface area contributed by atoms with Gasteiger partial charge in [0, 0.05) is 19.6 Å². The molecule has 2 bridgehead atoms. The van der Waals surface area contributed by atoms with Gasteiger partial charge in [0.2, 0.25) is 0 Å². The lowest BCUT2D eigenvalue weighted by atomic mass is 9.81. The Morgan fingerprint density at radius 1 is 1.19 bits per heavy atom. The van der Waals surface area contributed by atoms with E-state index in [9.17, 15) is 0 Å². The van der Waals surface area contributed by atoms with E-state index >= 15 is 0 Å². The van der Waals surface area contributed by atoms with Crippen molar-refractivity contribution in [2.75, 3.05) is 26.2 Å². The zero-order chi connectivity index (χ0) is 11.6.